The molecule has 0 aliphatic carbocycles. The molecule has 0 atom stereocenters. The lowest BCUT2D eigenvalue weighted by Gasteiger charge is -2.31. The van der Waals surface area contributed by atoms with Crippen molar-refractivity contribution < 1.29 is 4.74 Å². The van der Waals surface area contributed by atoms with Gasteiger partial charge in [0.1, 0.15) is 0 Å². The fourth-order valence-corrected chi connectivity index (χ4v) is 2.16. The molecule has 1 rings (SSSR count). The average Bonchev–Trinajstić information content (AvgIpc) is 2.41. The summed E-state index contributed by atoms with van der Waals surface area (Å²) in [6, 6.07) is 0. The van der Waals surface area contributed by atoms with E-state index in [2.05, 4.69) is 21.8 Å². The fourth-order valence-electron chi connectivity index (χ4n) is 2.16. The quantitative estimate of drug-likeness (QED) is 0.408. The van der Waals surface area contributed by atoms with Crippen LogP contribution in [0.1, 0.15) is 19.8 Å². The van der Waals surface area contributed by atoms with Crippen molar-refractivity contribution >= 4 is 5.96 Å². The smallest absolute Gasteiger partial charge is 0.188 e. The lowest BCUT2D eigenvalue weighted by molar-refractivity contribution is 0.121. The van der Waals surface area contributed by atoms with Crippen LogP contribution in [0.3, 0.4) is 0 Å². The van der Waals surface area contributed by atoms with Crippen molar-refractivity contribution in [2.75, 3.05) is 46.4 Å². The number of nitrogens with two attached hydrogens (primary N) is 1. The highest BCUT2D eigenvalue weighted by Crippen LogP contribution is 2.15. The number of ether oxygens (including phenoxy) is 1. The Kier molecular flexibility index (Phi) is 7.52. The summed E-state index contributed by atoms with van der Waals surface area (Å²) in [6.07, 6.45) is 2.43. The molecule has 1 fully saturated rings. The number of guanidine groups is 1. The van der Waals surface area contributed by atoms with Gasteiger partial charge >= 0.3 is 0 Å². The molecule has 1 heterocycles. The summed E-state index contributed by atoms with van der Waals surface area (Å²) in [5.74, 6) is 1.22. The molecular weight excluding hydrogens is 240 g/mol. The van der Waals surface area contributed by atoms with Crippen LogP contribution in [-0.2, 0) is 4.74 Å². The minimum Gasteiger partial charge on any atom is -0.383 e. The number of piperidine rings is 1. The second kappa shape index (κ2) is 8.93. The molecular formula is C14H28N4O. The molecule has 5 heteroatoms. The van der Waals surface area contributed by atoms with Crippen LogP contribution in [0.5, 0.6) is 0 Å². The SMILES string of the molecule is C=C(C)CN=C(N)NCC1CCN(CCOC)CC1. The van der Waals surface area contributed by atoms with Gasteiger partial charge in [-0.1, -0.05) is 12.2 Å². The summed E-state index contributed by atoms with van der Waals surface area (Å²) >= 11 is 0. The Morgan fingerprint density at radius 2 is 2.16 bits per heavy atom. The van der Waals surface area contributed by atoms with E-state index in [-0.39, 0.29) is 0 Å². The van der Waals surface area contributed by atoms with Gasteiger partial charge in [0.15, 0.2) is 5.96 Å². The van der Waals surface area contributed by atoms with E-state index in [0.29, 0.717) is 18.4 Å². The van der Waals surface area contributed by atoms with Crippen LogP contribution in [-0.4, -0.2) is 57.3 Å². The number of aliphatic imine (C=N–C) groups is 1. The maximum absolute atomic E-state index is 5.80. The first-order chi connectivity index (χ1) is 9.11. The molecule has 0 spiro atoms. The first-order valence-corrected chi connectivity index (χ1v) is 7.01. The minimum atomic E-state index is 0.532. The average molecular weight is 268 g/mol. The molecule has 0 aromatic heterocycles. The van der Waals surface area contributed by atoms with Crippen LogP contribution in [0.25, 0.3) is 0 Å². The van der Waals surface area contributed by atoms with Crippen molar-refractivity contribution in [2.45, 2.75) is 19.8 Å². The van der Waals surface area contributed by atoms with Gasteiger partial charge in [-0.2, -0.15) is 0 Å². The number of methoxy groups -OCH3 is 1. The van der Waals surface area contributed by atoms with E-state index in [4.69, 9.17) is 10.5 Å². The molecule has 5 nitrogen and oxygen atoms in total. The van der Waals surface area contributed by atoms with Gasteiger partial charge in [0.05, 0.1) is 13.2 Å². The number of likely N-dealkylation sites (tertiary alicyclic amines) is 1. The van der Waals surface area contributed by atoms with Gasteiger partial charge in [0, 0.05) is 20.2 Å². The third-order valence-electron chi connectivity index (χ3n) is 3.41. The highest BCUT2D eigenvalue weighted by Gasteiger charge is 2.18. The van der Waals surface area contributed by atoms with E-state index >= 15 is 0 Å². The highest BCUT2D eigenvalue weighted by atomic mass is 16.5. The van der Waals surface area contributed by atoms with E-state index in [9.17, 15) is 0 Å². The molecule has 0 aromatic carbocycles. The predicted octanol–water partition coefficient (Wildman–Crippen LogP) is 0.825. The molecule has 0 amide bonds. The van der Waals surface area contributed by atoms with Crippen LogP contribution in [0.4, 0.5) is 0 Å². The van der Waals surface area contributed by atoms with Gasteiger partial charge < -0.3 is 20.7 Å². The van der Waals surface area contributed by atoms with Crippen molar-refractivity contribution in [2.24, 2.45) is 16.6 Å². The zero-order chi connectivity index (χ0) is 14.1. The second-order valence-electron chi connectivity index (χ2n) is 5.32. The lowest BCUT2D eigenvalue weighted by Crippen LogP contribution is -2.41. The summed E-state index contributed by atoms with van der Waals surface area (Å²) in [5.41, 5.74) is 6.83. The van der Waals surface area contributed by atoms with Crippen LogP contribution in [0.2, 0.25) is 0 Å². The van der Waals surface area contributed by atoms with Crippen molar-refractivity contribution in [3.05, 3.63) is 12.2 Å². The first-order valence-electron chi connectivity index (χ1n) is 7.01. The summed E-state index contributed by atoms with van der Waals surface area (Å²) in [4.78, 5) is 6.68. The van der Waals surface area contributed by atoms with Gasteiger partial charge in [-0.15, -0.1) is 0 Å². The Morgan fingerprint density at radius 1 is 1.47 bits per heavy atom. The van der Waals surface area contributed by atoms with Crippen molar-refractivity contribution in [3.63, 3.8) is 0 Å². The minimum absolute atomic E-state index is 0.532. The summed E-state index contributed by atoms with van der Waals surface area (Å²) in [7, 11) is 1.75. The molecule has 110 valence electrons. The Balaban J connectivity index is 2.15. The standard InChI is InChI=1S/C14H28N4O/c1-12(2)10-16-14(15)17-11-13-4-6-18(7-5-13)8-9-19-3/h13H,1,4-11H2,2-3H3,(H3,15,16,17). The number of hydrogen-bond acceptors (Lipinski definition) is 3. The number of rotatable bonds is 7. The second-order valence-corrected chi connectivity index (χ2v) is 5.32. The van der Waals surface area contributed by atoms with E-state index in [1.165, 1.54) is 12.8 Å². The molecule has 0 radical (unpaired) electrons. The number of hydrogen-bond donors (Lipinski definition) is 2. The summed E-state index contributed by atoms with van der Waals surface area (Å²) in [6.45, 7) is 11.4. The van der Waals surface area contributed by atoms with E-state index in [1.54, 1.807) is 7.11 Å². The van der Waals surface area contributed by atoms with E-state index in [1.807, 2.05) is 6.92 Å². The van der Waals surface area contributed by atoms with Crippen molar-refractivity contribution in [1.82, 2.24) is 10.2 Å². The third-order valence-corrected chi connectivity index (χ3v) is 3.41. The molecule has 0 saturated carbocycles. The highest BCUT2D eigenvalue weighted by molar-refractivity contribution is 5.77. The Bertz CT molecular complexity index is 296. The third kappa shape index (κ3) is 7.18. The summed E-state index contributed by atoms with van der Waals surface area (Å²) in [5, 5.41) is 3.21. The Morgan fingerprint density at radius 3 is 2.74 bits per heavy atom. The normalized spacial score (nSPS) is 18.5. The molecule has 0 aromatic rings. The zero-order valence-corrected chi connectivity index (χ0v) is 12.3. The maximum atomic E-state index is 5.80. The number of nitrogens with one attached hydrogen (secondary N) is 1. The molecule has 3 N–H and O–H groups in total. The Labute approximate surface area is 116 Å². The molecule has 19 heavy (non-hydrogen) atoms. The molecule has 0 unspecified atom stereocenters. The van der Waals surface area contributed by atoms with Crippen LogP contribution in [0, 0.1) is 5.92 Å². The summed E-state index contributed by atoms with van der Waals surface area (Å²) < 4.78 is 5.10. The van der Waals surface area contributed by atoms with E-state index < -0.39 is 0 Å². The van der Waals surface area contributed by atoms with Crippen molar-refractivity contribution in [3.8, 4) is 0 Å². The maximum Gasteiger partial charge on any atom is 0.188 e. The van der Waals surface area contributed by atoms with Crippen LogP contribution < -0.4 is 11.1 Å². The molecule has 1 aliphatic rings. The van der Waals surface area contributed by atoms with Gasteiger partial charge in [0.2, 0.25) is 0 Å². The molecule has 1 aliphatic heterocycles. The van der Waals surface area contributed by atoms with Crippen molar-refractivity contribution in [1.29, 1.82) is 0 Å². The molecule has 1 saturated heterocycles. The van der Waals surface area contributed by atoms with Gasteiger partial charge in [-0.3, -0.25) is 0 Å². The monoisotopic (exact) mass is 268 g/mol. The zero-order valence-electron chi connectivity index (χ0n) is 12.3. The fraction of sp³-hybridized carbons (Fsp3) is 0.786. The van der Waals surface area contributed by atoms with E-state index in [0.717, 1.165) is 38.4 Å². The van der Waals surface area contributed by atoms with Crippen LogP contribution >= 0.6 is 0 Å². The topological polar surface area (TPSA) is 62.9 Å². The lowest BCUT2D eigenvalue weighted by atomic mass is 9.97. The largest absolute Gasteiger partial charge is 0.383 e. The van der Waals surface area contributed by atoms with Gasteiger partial charge in [0.25, 0.3) is 0 Å². The van der Waals surface area contributed by atoms with Gasteiger partial charge in [-0.05, 0) is 38.8 Å². The molecule has 0 bridgehead atoms. The van der Waals surface area contributed by atoms with Crippen LogP contribution in [0.15, 0.2) is 17.1 Å². The Hall–Kier alpha value is -1.07. The predicted molar refractivity (Wildman–Crippen MR) is 80.3 cm³/mol. The first kappa shape index (κ1) is 16.0. The van der Waals surface area contributed by atoms with Gasteiger partial charge in [-0.25, -0.2) is 4.99 Å². The number of nitrogens with zero attached hydrogens (tertiary/aromatic N) is 2.